The summed E-state index contributed by atoms with van der Waals surface area (Å²) < 4.78 is 0. The van der Waals surface area contributed by atoms with Crippen molar-refractivity contribution in [1.82, 2.24) is 15.5 Å². The number of nitrogens with one attached hydrogen (secondary N) is 3. The van der Waals surface area contributed by atoms with Crippen LogP contribution in [0.2, 0.25) is 0 Å². The Balaban J connectivity index is 1.28. The van der Waals surface area contributed by atoms with E-state index in [-0.39, 0.29) is 5.91 Å². The van der Waals surface area contributed by atoms with E-state index in [4.69, 9.17) is 0 Å². The molecule has 5 rings (SSSR count). The molecule has 1 unspecified atom stereocenters. The number of carbonyl (C=O) groups excluding carboxylic acids is 1. The van der Waals surface area contributed by atoms with Gasteiger partial charge in [0, 0.05) is 36.2 Å². The van der Waals surface area contributed by atoms with E-state index in [0.29, 0.717) is 30.1 Å². The van der Waals surface area contributed by atoms with Gasteiger partial charge in [0.2, 0.25) is 5.91 Å². The average Bonchev–Trinajstić information content (AvgIpc) is 3.38. The van der Waals surface area contributed by atoms with Crippen molar-refractivity contribution >= 4 is 11.7 Å². The number of hydrogen-bond acceptors (Lipinski definition) is 3. The molecule has 1 aromatic heterocycles. The van der Waals surface area contributed by atoms with Gasteiger partial charge in [-0.3, -0.25) is 9.89 Å². The second-order valence-electron chi connectivity index (χ2n) is 9.74. The standard InChI is InChI=1S/C24H32N4O/c1-14(2)8-18-12-21(29)26-24-22(18)23(27-28-24)19-10-17(11-19)16-5-3-4-15(9-16)13-25-20-6-7-20/h3-5,9,14,17-20,25H,6-8,10-13H2,1-2H3,(H2,26,27,28,29). The van der Waals surface area contributed by atoms with Gasteiger partial charge < -0.3 is 10.6 Å². The number of rotatable bonds is 7. The molecule has 1 aliphatic heterocycles. The van der Waals surface area contributed by atoms with Gasteiger partial charge in [-0.25, -0.2) is 0 Å². The van der Waals surface area contributed by atoms with Gasteiger partial charge in [0.25, 0.3) is 0 Å². The van der Waals surface area contributed by atoms with Gasteiger partial charge in [-0.15, -0.1) is 0 Å². The third-order valence-corrected chi connectivity index (χ3v) is 6.83. The predicted octanol–water partition coefficient (Wildman–Crippen LogP) is 4.79. The lowest BCUT2D eigenvalue weighted by molar-refractivity contribution is -0.117. The summed E-state index contributed by atoms with van der Waals surface area (Å²) in [6, 6.07) is 9.86. The zero-order chi connectivity index (χ0) is 20.0. The molecule has 2 fully saturated rings. The van der Waals surface area contributed by atoms with Crippen molar-refractivity contribution in [2.45, 2.75) is 82.7 Å². The third kappa shape index (κ3) is 3.97. The number of aromatic amines is 1. The van der Waals surface area contributed by atoms with Crippen molar-refractivity contribution in [2.75, 3.05) is 5.32 Å². The quantitative estimate of drug-likeness (QED) is 0.634. The first-order chi connectivity index (χ1) is 14.1. The fraction of sp³-hybridized carbons (Fsp3) is 0.583. The Labute approximate surface area is 173 Å². The van der Waals surface area contributed by atoms with Crippen LogP contribution >= 0.6 is 0 Å². The Hall–Kier alpha value is -2.14. The maximum absolute atomic E-state index is 12.1. The normalized spacial score (nSPS) is 26.2. The average molecular weight is 393 g/mol. The van der Waals surface area contributed by atoms with Crippen LogP contribution in [-0.4, -0.2) is 22.1 Å². The maximum Gasteiger partial charge on any atom is 0.226 e. The van der Waals surface area contributed by atoms with Gasteiger partial charge in [0.1, 0.15) is 0 Å². The Morgan fingerprint density at radius 3 is 2.79 bits per heavy atom. The summed E-state index contributed by atoms with van der Waals surface area (Å²) in [7, 11) is 0. The highest BCUT2D eigenvalue weighted by Crippen LogP contribution is 2.51. The molecular weight excluding hydrogens is 360 g/mol. The summed E-state index contributed by atoms with van der Waals surface area (Å²) in [5, 5.41) is 14.3. The molecule has 2 aromatic rings. The minimum atomic E-state index is 0.101. The molecule has 1 aromatic carbocycles. The number of anilines is 1. The van der Waals surface area contributed by atoms with E-state index < -0.39 is 0 Å². The highest BCUT2D eigenvalue weighted by atomic mass is 16.1. The molecule has 3 N–H and O–H groups in total. The van der Waals surface area contributed by atoms with Crippen LogP contribution in [-0.2, 0) is 11.3 Å². The molecule has 5 nitrogen and oxygen atoms in total. The Morgan fingerprint density at radius 1 is 1.21 bits per heavy atom. The number of carbonyl (C=O) groups is 1. The highest BCUT2D eigenvalue weighted by Gasteiger charge is 2.38. The van der Waals surface area contributed by atoms with E-state index in [2.05, 4.69) is 58.9 Å². The molecule has 0 spiro atoms. The number of H-pyrrole nitrogens is 1. The largest absolute Gasteiger partial charge is 0.310 e. The van der Waals surface area contributed by atoms with Crippen LogP contribution in [0.25, 0.3) is 0 Å². The van der Waals surface area contributed by atoms with Gasteiger partial charge in [0.15, 0.2) is 5.82 Å². The highest BCUT2D eigenvalue weighted by molar-refractivity contribution is 5.93. The van der Waals surface area contributed by atoms with Crippen LogP contribution in [0.5, 0.6) is 0 Å². The smallest absolute Gasteiger partial charge is 0.226 e. The van der Waals surface area contributed by atoms with Crippen molar-refractivity contribution < 1.29 is 4.79 Å². The van der Waals surface area contributed by atoms with E-state index in [1.165, 1.54) is 35.2 Å². The molecule has 0 bridgehead atoms. The topological polar surface area (TPSA) is 69.8 Å². The summed E-state index contributed by atoms with van der Waals surface area (Å²) in [6.07, 6.45) is 6.61. The molecule has 5 heteroatoms. The van der Waals surface area contributed by atoms with E-state index in [0.717, 1.165) is 37.7 Å². The number of amides is 1. The summed E-state index contributed by atoms with van der Waals surface area (Å²) >= 11 is 0. The molecule has 2 aliphatic carbocycles. The van der Waals surface area contributed by atoms with Gasteiger partial charge in [-0.05, 0) is 61.0 Å². The van der Waals surface area contributed by atoms with Crippen molar-refractivity contribution in [3.8, 4) is 0 Å². The zero-order valence-corrected chi connectivity index (χ0v) is 17.5. The van der Waals surface area contributed by atoms with Crippen LogP contribution in [0.4, 0.5) is 5.82 Å². The summed E-state index contributed by atoms with van der Waals surface area (Å²) in [4.78, 5) is 12.1. The lowest BCUT2D eigenvalue weighted by Gasteiger charge is -2.37. The molecular formula is C24H32N4O. The molecule has 2 heterocycles. The summed E-state index contributed by atoms with van der Waals surface area (Å²) in [5.41, 5.74) is 5.42. The monoisotopic (exact) mass is 392 g/mol. The molecule has 29 heavy (non-hydrogen) atoms. The number of benzene rings is 1. The number of nitrogens with zero attached hydrogens (tertiary/aromatic N) is 1. The molecule has 0 saturated heterocycles. The minimum absolute atomic E-state index is 0.101. The second kappa shape index (κ2) is 7.60. The SMILES string of the molecule is CC(C)CC1CC(=O)Nc2n[nH]c(C3CC(c4cccc(CNC5CC5)c4)C3)c21. The zero-order valence-electron chi connectivity index (χ0n) is 17.5. The molecule has 2 saturated carbocycles. The number of hydrogen-bond donors (Lipinski definition) is 3. The molecule has 3 aliphatic rings. The number of fused-ring (bicyclic) bond motifs is 1. The first-order valence-electron chi connectivity index (χ1n) is 11.3. The van der Waals surface area contributed by atoms with E-state index in [9.17, 15) is 4.79 Å². The molecule has 1 amide bonds. The number of aromatic nitrogens is 2. The lowest BCUT2D eigenvalue weighted by atomic mass is 9.68. The second-order valence-corrected chi connectivity index (χ2v) is 9.74. The van der Waals surface area contributed by atoms with Crippen LogP contribution in [0, 0.1) is 5.92 Å². The van der Waals surface area contributed by atoms with Crippen LogP contribution in [0.3, 0.4) is 0 Å². The van der Waals surface area contributed by atoms with E-state index in [1.807, 2.05) is 0 Å². The first-order valence-corrected chi connectivity index (χ1v) is 11.3. The van der Waals surface area contributed by atoms with Crippen LogP contribution < -0.4 is 10.6 Å². The van der Waals surface area contributed by atoms with E-state index in [1.54, 1.807) is 0 Å². The Morgan fingerprint density at radius 2 is 2.03 bits per heavy atom. The van der Waals surface area contributed by atoms with Gasteiger partial charge in [0.05, 0.1) is 0 Å². The molecule has 1 atom stereocenters. The van der Waals surface area contributed by atoms with Crippen molar-refractivity contribution in [2.24, 2.45) is 5.92 Å². The summed E-state index contributed by atoms with van der Waals surface area (Å²) in [6.45, 7) is 5.45. The lowest BCUT2D eigenvalue weighted by Crippen LogP contribution is -2.26. The van der Waals surface area contributed by atoms with Crippen molar-refractivity contribution in [1.29, 1.82) is 0 Å². The fourth-order valence-electron chi connectivity index (χ4n) is 5.10. The summed E-state index contributed by atoms with van der Waals surface area (Å²) in [5.74, 6) is 2.89. The first kappa shape index (κ1) is 18.9. The fourth-order valence-corrected chi connectivity index (χ4v) is 5.10. The van der Waals surface area contributed by atoms with E-state index >= 15 is 0 Å². The Kier molecular flexibility index (Phi) is 4.94. The van der Waals surface area contributed by atoms with Gasteiger partial charge in [-0.2, -0.15) is 5.10 Å². The molecule has 0 radical (unpaired) electrons. The van der Waals surface area contributed by atoms with Crippen molar-refractivity contribution in [3.63, 3.8) is 0 Å². The van der Waals surface area contributed by atoms with Gasteiger partial charge in [-0.1, -0.05) is 38.1 Å². The Bertz CT molecular complexity index is 892. The van der Waals surface area contributed by atoms with Crippen molar-refractivity contribution in [3.05, 3.63) is 46.6 Å². The van der Waals surface area contributed by atoms with Gasteiger partial charge >= 0.3 is 0 Å². The van der Waals surface area contributed by atoms with Crippen LogP contribution in [0.1, 0.15) is 92.5 Å². The third-order valence-electron chi connectivity index (χ3n) is 6.83. The maximum atomic E-state index is 12.1. The van der Waals surface area contributed by atoms with Crippen LogP contribution in [0.15, 0.2) is 24.3 Å². The predicted molar refractivity (Wildman–Crippen MR) is 115 cm³/mol. The minimum Gasteiger partial charge on any atom is -0.310 e. The molecule has 154 valence electrons.